The molecule has 9 heteroatoms. The number of ether oxygens (including phenoxy) is 4. The van der Waals surface area contributed by atoms with Crippen molar-refractivity contribution in [2.24, 2.45) is 0 Å². The molecule has 4 rings (SSSR count). The summed E-state index contributed by atoms with van der Waals surface area (Å²) in [6.07, 6.45) is 1.67. The highest BCUT2D eigenvalue weighted by Gasteiger charge is 2.35. The van der Waals surface area contributed by atoms with Gasteiger partial charge in [-0.3, -0.25) is 14.5 Å². The van der Waals surface area contributed by atoms with Gasteiger partial charge >= 0.3 is 0 Å². The van der Waals surface area contributed by atoms with Crippen LogP contribution in [-0.4, -0.2) is 49.5 Å². The molecule has 2 amide bonds. The van der Waals surface area contributed by atoms with Crippen LogP contribution < -0.4 is 18.9 Å². The minimum absolute atomic E-state index is 0.0854. The van der Waals surface area contributed by atoms with E-state index in [1.165, 1.54) is 10.5 Å². The molecule has 0 atom stereocenters. The summed E-state index contributed by atoms with van der Waals surface area (Å²) in [6.45, 7) is 9.55. The van der Waals surface area contributed by atoms with E-state index in [4.69, 9.17) is 18.9 Å². The highest BCUT2D eigenvalue weighted by molar-refractivity contribution is 9.10. The molecule has 0 N–H and O–H groups in total. The summed E-state index contributed by atoms with van der Waals surface area (Å²) < 4.78 is 23.7. The molecule has 1 saturated heterocycles. The fourth-order valence-electron chi connectivity index (χ4n) is 4.05. The summed E-state index contributed by atoms with van der Waals surface area (Å²) in [5.41, 5.74) is 3.15. The number of halogens is 1. The Labute approximate surface area is 253 Å². The molecule has 0 bridgehead atoms. The maximum atomic E-state index is 13.0. The van der Waals surface area contributed by atoms with E-state index in [0.717, 1.165) is 23.1 Å². The van der Waals surface area contributed by atoms with Crippen molar-refractivity contribution in [3.63, 3.8) is 0 Å². The summed E-state index contributed by atoms with van der Waals surface area (Å²) >= 11 is 4.45. The molecule has 0 aliphatic carbocycles. The number of thioether (sulfide) groups is 1. The third-order valence-electron chi connectivity index (χ3n) is 6.35. The van der Waals surface area contributed by atoms with Crippen LogP contribution in [0.3, 0.4) is 0 Å². The van der Waals surface area contributed by atoms with Crippen LogP contribution in [0.15, 0.2) is 70.0 Å². The number of benzene rings is 3. The molecule has 7 nitrogen and oxygen atoms in total. The molecule has 0 saturated carbocycles. The molecule has 216 valence electrons. The third-order valence-corrected chi connectivity index (χ3v) is 7.84. The number of imide groups is 1. The lowest BCUT2D eigenvalue weighted by Crippen LogP contribution is -2.32. The third kappa shape index (κ3) is 8.07. The molecule has 1 heterocycles. The van der Waals surface area contributed by atoms with Crippen molar-refractivity contribution in [1.29, 1.82) is 0 Å². The number of rotatable bonds is 11. The highest BCUT2D eigenvalue weighted by atomic mass is 79.9. The zero-order valence-corrected chi connectivity index (χ0v) is 26.3. The Morgan fingerprint density at radius 2 is 1.49 bits per heavy atom. The predicted molar refractivity (Wildman–Crippen MR) is 166 cm³/mol. The standard InChI is InChI=1S/C32H34BrNO6S/c1-21-6-10-24(11-7-21)38-15-14-34-30(35)28(41-31(34)36)20-22-18-26(33)29(27(19-22)37-5)40-17-16-39-25-12-8-23(9-13-25)32(2,3)4/h6-13,18-20H,14-17H2,1-5H3/b28-20-. The first-order valence-electron chi connectivity index (χ1n) is 13.2. The second kappa shape index (κ2) is 13.5. The minimum atomic E-state index is -0.351. The Morgan fingerprint density at radius 1 is 0.878 bits per heavy atom. The zero-order valence-electron chi connectivity index (χ0n) is 23.9. The normalized spacial score (nSPS) is 14.5. The molecule has 0 spiro atoms. The first kappa shape index (κ1) is 30.5. The first-order chi connectivity index (χ1) is 19.5. The second-order valence-corrected chi connectivity index (χ2v) is 12.3. The Hall–Kier alpha value is -3.43. The van der Waals surface area contributed by atoms with E-state index in [9.17, 15) is 9.59 Å². The maximum Gasteiger partial charge on any atom is 0.293 e. The van der Waals surface area contributed by atoms with E-state index in [1.54, 1.807) is 19.3 Å². The van der Waals surface area contributed by atoms with Crippen molar-refractivity contribution in [1.82, 2.24) is 4.90 Å². The number of hydrogen-bond donors (Lipinski definition) is 0. The number of carbonyl (C=O) groups excluding carboxylic acids is 2. The van der Waals surface area contributed by atoms with Gasteiger partial charge in [-0.05, 0) is 93.6 Å². The van der Waals surface area contributed by atoms with Gasteiger partial charge in [0.15, 0.2) is 11.5 Å². The molecular weight excluding hydrogens is 606 g/mol. The van der Waals surface area contributed by atoms with E-state index in [1.807, 2.05) is 49.4 Å². The van der Waals surface area contributed by atoms with E-state index >= 15 is 0 Å². The van der Waals surface area contributed by atoms with Crippen LogP contribution in [0.5, 0.6) is 23.0 Å². The SMILES string of the molecule is COc1cc(/C=C2\SC(=O)N(CCOc3ccc(C)cc3)C2=O)cc(Br)c1OCCOc1ccc(C(C)(C)C)cc1. The topological polar surface area (TPSA) is 74.3 Å². The number of carbonyl (C=O) groups is 2. The Balaban J connectivity index is 1.34. The Morgan fingerprint density at radius 3 is 2.12 bits per heavy atom. The Bertz CT molecular complexity index is 1410. The molecular formula is C32H34BrNO6S. The molecule has 1 aliphatic rings. The lowest BCUT2D eigenvalue weighted by molar-refractivity contribution is -0.123. The molecule has 0 aromatic heterocycles. The summed E-state index contributed by atoms with van der Waals surface area (Å²) in [5.74, 6) is 2.14. The van der Waals surface area contributed by atoms with Crippen molar-refractivity contribution < 1.29 is 28.5 Å². The molecule has 0 unspecified atom stereocenters. The smallest absolute Gasteiger partial charge is 0.293 e. The van der Waals surface area contributed by atoms with Gasteiger partial charge in [-0.1, -0.05) is 50.6 Å². The van der Waals surface area contributed by atoms with Gasteiger partial charge in [0.05, 0.1) is 23.0 Å². The number of nitrogens with zero attached hydrogens (tertiary/aromatic N) is 1. The minimum Gasteiger partial charge on any atom is -0.493 e. The molecule has 1 aliphatic heterocycles. The molecule has 0 radical (unpaired) electrons. The van der Waals surface area contributed by atoms with Crippen molar-refractivity contribution in [3.8, 4) is 23.0 Å². The fraction of sp³-hybridized carbons (Fsp3) is 0.312. The molecule has 41 heavy (non-hydrogen) atoms. The largest absolute Gasteiger partial charge is 0.493 e. The van der Waals surface area contributed by atoms with Gasteiger partial charge in [0.1, 0.15) is 31.3 Å². The van der Waals surface area contributed by atoms with E-state index in [2.05, 4.69) is 48.8 Å². The predicted octanol–water partition coefficient (Wildman–Crippen LogP) is 7.64. The van der Waals surface area contributed by atoms with Crippen LogP contribution in [0.2, 0.25) is 0 Å². The van der Waals surface area contributed by atoms with Crippen LogP contribution in [-0.2, 0) is 10.2 Å². The van der Waals surface area contributed by atoms with Gasteiger partial charge in [0, 0.05) is 0 Å². The zero-order chi connectivity index (χ0) is 29.6. The van der Waals surface area contributed by atoms with Crippen LogP contribution in [0.1, 0.15) is 37.5 Å². The van der Waals surface area contributed by atoms with Crippen molar-refractivity contribution >= 4 is 44.9 Å². The number of aryl methyl sites for hydroxylation is 1. The van der Waals surface area contributed by atoms with Gasteiger partial charge in [0.25, 0.3) is 11.1 Å². The average Bonchev–Trinajstić information content (AvgIpc) is 3.19. The summed E-state index contributed by atoms with van der Waals surface area (Å²) in [7, 11) is 1.55. The Kier molecular flexibility index (Phi) is 10.0. The molecule has 1 fully saturated rings. The molecule has 3 aromatic carbocycles. The van der Waals surface area contributed by atoms with E-state index < -0.39 is 0 Å². The summed E-state index contributed by atoms with van der Waals surface area (Å²) in [4.78, 5) is 27.0. The van der Waals surface area contributed by atoms with E-state index in [0.29, 0.717) is 45.4 Å². The van der Waals surface area contributed by atoms with Crippen LogP contribution >= 0.6 is 27.7 Å². The van der Waals surface area contributed by atoms with Crippen molar-refractivity contribution in [3.05, 3.63) is 86.7 Å². The quantitative estimate of drug-likeness (QED) is 0.158. The number of methoxy groups -OCH3 is 1. The monoisotopic (exact) mass is 639 g/mol. The summed E-state index contributed by atoms with van der Waals surface area (Å²) in [6, 6.07) is 19.3. The first-order valence-corrected chi connectivity index (χ1v) is 14.8. The second-order valence-electron chi connectivity index (χ2n) is 10.5. The van der Waals surface area contributed by atoms with Crippen LogP contribution in [0.25, 0.3) is 6.08 Å². The van der Waals surface area contributed by atoms with Gasteiger partial charge in [-0.15, -0.1) is 0 Å². The van der Waals surface area contributed by atoms with Gasteiger partial charge in [-0.25, -0.2) is 0 Å². The maximum absolute atomic E-state index is 13.0. The van der Waals surface area contributed by atoms with Gasteiger partial charge in [0.2, 0.25) is 0 Å². The fourth-order valence-corrected chi connectivity index (χ4v) is 5.49. The van der Waals surface area contributed by atoms with Crippen LogP contribution in [0.4, 0.5) is 4.79 Å². The van der Waals surface area contributed by atoms with E-state index in [-0.39, 0.29) is 29.7 Å². The number of hydrogen-bond acceptors (Lipinski definition) is 7. The van der Waals surface area contributed by atoms with Gasteiger partial charge in [-0.2, -0.15) is 0 Å². The highest BCUT2D eigenvalue weighted by Crippen LogP contribution is 2.39. The lowest BCUT2D eigenvalue weighted by Gasteiger charge is -2.19. The molecule has 3 aromatic rings. The van der Waals surface area contributed by atoms with Crippen molar-refractivity contribution in [2.45, 2.75) is 33.1 Å². The lowest BCUT2D eigenvalue weighted by atomic mass is 9.87. The van der Waals surface area contributed by atoms with Crippen molar-refractivity contribution in [2.75, 3.05) is 33.5 Å². The average molecular weight is 641 g/mol. The summed E-state index contributed by atoms with van der Waals surface area (Å²) in [5, 5.41) is -0.326. The number of amides is 2. The van der Waals surface area contributed by atoms with Gasteiger partial charge < -0.3 is 18.9 Å². The van der Waals surface area contributed by atoms with Crippen LogP contribution in [0, 0.1) is 6.92 Å².